The molecule has 4 rings (SSSR count). The number of amidine groups is 1. The number of hydrogen-bond donors (Lipinski definition) is 1. The van der Waals surface area contributed by atoms with Crippen molar-refractivity contribution in [2.75, 3.05) is 7.11 Å². The number of hydrogen-bond acceptors (Lipinski definition) is 4. The molecule has 2 aliphatic carbocycles. The van der Waals surface area contributed by atoms with Crippen molar-refractivity contribution in [2.24, 2.45) is 27.1 Å². The number of ether oxygens (including phenoxy) is 1. The van der Waals surface area contributed by atoms with E-state index in [0.29, 0.717) is 17.9 Å². The van der Waals surface area contributed by atoms with Crippen LogP contribution in [0.3, 0.4) is 0 Å². The first-order valence-corrected chi connectivity index (χ1v) is 9.99. The maximum Gasteiger partial charge on any atom is 0.184 e. The van der Waals surface area contributed by atoms with Gasteiger partial charge in [-0.05, 0) is 56.7 Å². The van der Waals surface area contributed by atoms with Gasteiger partial charge in [-0.15, -0.1) is 0 Å². The normalized spacial score (nSPS) is 31.7. The molecule has 4 nitrogen and oxygen atoms in total. The van der Waals surface area contributed by atoms with Crippen molar-refractivity contribution >= 4 is 11.5 Å². The van der Waals surface area contributed by atoms with E-state index in [2.05, 4.69) is 43.9 Å². The second kappa shape index (κ2) is 6.49. The molecular weight excluding hydrogens is 334 g/mol. The average molecular weight is 364 g/mol. The third-order valence-corrected chi connectivity index (χ3v) is 6.46. The second-order valence-electron chi connectivity index (χ2n) is 8.55. The Morgan fingerprint density at radius 3 is 2.56 bits per heavy atom. The van der Waals surface area contributed by atoms with E-state index in [0.717, 1.165) is 43.4 Å². The molecule has 0 saturated heterocycles. The molecule has 0 bridgehead atoms. The number of fused-ring (bicyclic) bond motifs is 3. The highest BCUT2D eigenvalue weighted by Gasteiger charge is 2.60. The molecule has 4 heteroatoms. The standard InChI is InChI=1S/C23H29N3O/c1-15(2)5-6-17-7-8-18-14-22(11-9-19(27-4)10-12-22)23(20(18)13-17)25-16(3)21(24)26-23/h7-8,13,15,19H,9-12,14H2,1-4H3,(H2,24,26)/t19?,22?,23-/m1/s1. The number of benzene rings is 1. The van der Waals surface area contributed by atoms with Gasteiger partial charge in [0.2, 0.25) is 0 Å². The molecule has 3 aliphatic rings. The lowest BCUT2D eigenvalue weighted by Gasteiger charge is -2.44. The molecule has 27 heavy (non-hydrogen) atoms. The Morgan fingerprint density at radius 1 is 1.22 bits per heavy atom. The van der Waals surface area contributed by atoms with Crippen molar-refractivity contribution in [1.82, 2.24) is 0 Å². The van der Waals surface area contributed by atoms with Crippen molar-refractivity contribution in [3.05, 3.63) is 34.9 Å². The zero-order valence-corrected chi connectivity index (χ0v) is 16.8. The van der Waals surface area contributed by atoms with Crippen molar-refractivity contribution in [1.29, 1.82) is 0 Å². The molecule has 142 valence electrons. The Morgan fingerprint density at radius 2 is 1.96 bits per heavy atom. The molecule has 1 saturated carbocycles. The maximum atomic E-state index is 6.24. The number of rotatable bonds is 1. The zero-order chi connectivity index (χ0) is 19.2. The summed E-state index contributed by atoms with van der Waals surface area (Å²) in [7, 11) is 1.81. The summed E-state index contributed by atoms with van der Waals surface area (Å²) in [5.41, 5.74) is 10.1. The number of nitrogens with zero attached hydrogens (tertiary/aromatic N) is 2. The summed E-state index contributed by atoms with van der Waals surface area (Å²) in [4.78, 5) is 10.1. The fourth-order valence-electron chi connectivity index (χ4n) is 4.98. The fraction of sp³-hybridized carbons (Fsp3) is 0.565. The lowest BCUT2D eigenvalue weighted by atomic mass is 9.65. The molecule has 0 amide bonds. The summed E-state index contributed by atoms with van der Waals surface area (Å²) in [6.45, 7) is 6.20. The highest BCUT2D eigenvalue weighted by atomic mass is 16.5. The largest absolute Gasteiger partial charge is 0.382 e. The van der Waals surface area contributed by atoms with Crippen LogP contribution in [0, 0.1) is 23.2 Å². The summed E-state index contributed by atoms with van der Waals surface area (Å²) >= 11 is 0. The second-order valence-corrected chi connectivity index (χ2v) is 8.55. The SMILES string of the molecule is COC1CCC2(CC1)Cc1ccc(C#CC(C)C)cc1[C@]21N=C(C)C(N)=N1. The predicted octanol–water partition coefficient (Wildman–Crippen LogP) is 3.81. The van der Waals surface area contributed by atoms with Gasteiger partial charge >= 0.3 is 0 Å². The molecule has 0 radical (unpaired) electrons. The number of aliphatic imine (C=N–C) groups is 2. The Bertz CT molecular complexity index is 859. The maximum absolute atomic E-state index is 6.24. The quantitative estimate of drug-likeness (QED) is 0.771. The Hall–Kier alpha value is -2.12. The minimum Gasteiger partial charge on any atom is -0.382 e. The van der Waals surface area contributed by atoms with Crippen molar-refractivity contribution in [3.8, 4) is 11.8 Å². The van der Waals surface area contributed by atoms with Crippen LogP contribution >= 0.6 is 0 Å². The minimum atomic E-state index is -0.579. The van der Waals surface area contributed by atoms with E-state index in [-0.39, 0.29) is 5.41 Å². The molecule has 1 aromatic rings. The molecule has 0 unspecified atom stereocenters. The van der Waals surface area contributed by atoms with Crippen molar-refractivity contribution < 1.29 is 4.74 Å². The minimum absolute atomic E-state index is 0.00313. The van der Waals surface area contributed by atoms with Crippen LogP contribution in [0.25, 0.3) is 0 Å². The van der Waals surface area contributed by atoms with Crippen molar-refractivity contribution in [2.45, 2.75) is 64.6 Å². The Labute approximate surface area is 162 Å². The summed E-state index contributed by atoms with van der Waals surface area (Å²) in [6, 6.07) is 6.58. The average Bonchev–Trinajstić information content (AvgIpc) is 3.09. The first-order chi connectivity index (χ1) is 12.9. The summed E-state index contributed by atoms with van der Waals surface area (Å²) in [6.07, 6.45) is 5.56. The van der Waals surface area contributed by atoms with Crippen LogP contribution < -0.4 is 5.73 Å². The van der Waals surface area contributed by atoms with E-state index in [1.54, 1.807) is 0 Å². The van der Waals surface area contributed by atoms with Gasteiger partial charge in [0.25, 0.3) is 0 Å². The van der Waals surface area contributed by atoms with Crippen LogP contribution in [0.5, 0.6) is 0 Å². The topological polar surface area (TPSA) is 60.0 Å². The third-order valence-electron chi connectivity index (χ3n) is 6.46. The molecule has 1 aliphatic heterocycles. The van der Waals surface area contributed by atoms with Gasteiger partial charge in [-0.2, -0.15) is 0 Å². The third kappa shape index (κ3) is 2.80. The van der Waals surface area contributed by atoms with Crippen LogP contribution in [0.4, 0.5) is 0 Å². The van der Waals surface area contributed by atoms with E-state index in [9.17, 15) is 0 Å². The van der Waals surface area contributed by atoms with Crippen LogP contribution in [0.15, 0.2) is 28.2 Å². The van der Waals surface area contributed by atoms with Gasteiger partial charge in [0.1, 0.15) is 5.84 Å². The molecule has 1 atom stereocenters. The van der Waals surface area contributed by atoms with Gasteiger partial charge in [-0.1, -0.05) is 31.8 Å². The fourth-order valence-corrected chi connectivity index (χ4v) is 4.98. The van der Waals surface area contributed by atoms with E-state index >= 15 is 0 Å². The first kappa shape index (κ1) is 18.3. The monoisotopic (exact) mass is 363 g/mol. The van der Waals surface area contributed by atoms with Gasteiger partial charge < -0.3 is 10.5 Å². The lowest BCUT2D eigenvalue weighted by molar-refractivity contribution is -0.000378. The van der Waals surface area contributed by atoms with Gasteiger partial charge in [0.05, 0.1) is 11.8 Å². The molecule has 0 aromatic heterocycles. The zero-order valence-electron chi connectivity index (χ0n) is 16.8. The lowest BCUT2D eigenvalue weighted by Crippen LogP contribution is -2.43. The van der Waals surface area contributed by atoms with Crippen LogP contribution in [0.1, 0.15) is 63.1 Å². The van der Waals surface area contributed by atoms with Gasteiger partial charge in [0, 0.05) is 29.6 Å². The first-order valence-electron chi connectivity index (χ1n) is 9.99. The van der Waals surface area contributed by atoms with Gasteiger partial charge in [0.15, 0.2) is 5.66 Å². The smallest absolute Gasteiger partial charge is 0.184 e. The van der Waals surface area contributed by atoms with Crippen molar-refractivity contribution in [3.63, 3.8) is 0 Å². The number of methoxy groups -OCH3 is 1. The highest BCUT2D eigenvalue weighted by molar-refractivity contribution is 6.41. The number of nitrogens with two attached hydrogens (primary N) is 1. The van der Waals surface area contributed by atoms with E-state index in [1.165, 1.54) is 11.1 Å². The van der Waals surface area contributed by atoms with E-state index < -0.39 is 5.66 Å². The van der Waals surface area contributed by atoms with Crippen LogP contribution in [0.2, 0.25) is 0 Å². The molecule has 2 N–H and O–H groups in total. The summed E-state index contributed by atoms with van der Waals surface area (Å²) in [5.74, 6) is 7.51. The molecule has 1 aromatic carbocycles. The van der Waals surface area contributed by atoms with Crippen LogP contribution in [-0.2, 0) is 16.8 Å². The van der Waals surface area contributed by atoms with Gasteiger partial charge in [-0.25, -0.2) is 4.99 Å². The van der Waals surface area contributed by atoms with Crippen LogP contribution in [-0.4, -0.2) is 24.8 Å². The Kier molecular flexibility index (Phi) is 4.39. The highest BCUT2D eigenvalue weighted by Crippen LogP contribution is 2.61. The summed E-state index contributed by atoms with van der Waals surface area (Å²) in [5, 5.41) is 0. The molecular formula is C23H29N3O. The molecule has 1 heterocycles. The summed E-state index contributed by atoms with van der Waals surface area (Å²) < 4.78 is 5.62. The molecule has 1 fully saturated rings. The Balaban J connectivity index is 1.82. The van der Waals surface area contributed by atoms with E-state index in [4.69, 9.17) is 20.5 Å². The van der Waals surface area contributed by atoms with E-state index in [1.807, 2.05) is 14.0 Å². The van der Waals surface area contributed by atoms with Gasteiger partial charge in [-0.3, -0.25) is 4.99 Å². The molecule has 2 spiro atoms. The predicted molar refractivity (Wildman–Crippen MR) is 110 cm³/mol.